The average Bonchev–Trinajstić information content (AvgIpc) is 2.81. The van der Waals surface area contributed by atoms with Crippen molar-refractivity contribution in [3.8, 4) is 16.9 Å². The number of amides is 1. The summed E-state index contributed by atoms with van der Waals surface area (Å²) in [6.45, 7) is 5.86. The van der Waals surface area contributed by atoms with Crippen LogP contribution in [0.1, 0.15) is 34.1 Å². The Bertz CT molecular complexity index is 1370. The van der Waals surface area contributed by atoms with Crippen LogP contribution in [0.25, 0.3) is 16.9 Å². The molecule has 5 heteroatoms. The smallest absolute Gasteiger partial charge is 0.261 e. The number of anilines is 1. The Morgan fingerprint density at radius 3 is 2.30 bits per heavy atom. The van der Waals surface area contributed by atoms with Gasteiger partial charge in [-0.2, -0.15) is 0 Å². The van der Waals surface area contributed by atoms with Gasteiger partial charge < -0.3 is 9.88 Å². The first-order chi connectivity index (χ1) is 15.9. The van der Waals surface area contributed by atoms with Gasteiger partial charge in [-0.1, -0.05) is 67.1 Å². The number of para-hydroxylation sites is 1. The number of hydrogen-bond donors (Lipinski definition) is 1. The predicted octanol–water partition coefficient (Wildman–Crippen LogP) is 6.59. The third kappa shape index (κ3) is 4.48. The summed E-state index contributed by atoms with van der Waals surface area (Å²) < 4.78 is 1.93. The summed E-state index contributed by atoms with van der Waals surface area (Å²) in [5, 5.41) is 3.65. The molecular weight excluding hydrogens is 432 g/mol. The fraction of sp³-hybridized carbons (Fsp3) is 0.143. The van der Waals surface area contributed by atoms with E-state index >= 15 is 0 Å². The summed E-state index contributed by atoms with van der Waals surface area (Å²) >= 11 is 6.11. The van der Waals surface area contributed by atoms with Crippen LogP contribution in [0.2, 0.25) is 5.02 Å². The van der Waals surface area contributed by atoms with Crippen LogP contribution >= 0.6 is 11.6 Å². The normalized spacial score (nSPS) is 10.8. The highest BCUT2D eigenvalue weighted by Gasteiger charge is 2.23. The van der Waals surface area contributed by atoms with Crippen molar-refractivity contribution in [2.75, 3.05) is 5.32 Å². The third-order valence-corrected chi connectivity index (χ3v) is 5.99. The van der Waals surface area contributed by atoms with Crippen LogP contribution < -0.4 is 10.7 Å². The fourth-order valence-electron chi connectivity index (χ4n) is 4.12. The van der Waals surface area contributed by atoms with Gasteiger partial charge in [-0.15, -0.1) is 0 Å². The first kappa shape index (κ1) is 22.6. The first-order valence-corrected chi connectivity index (χ1v) is 11.3. The van der Waals surface area contributed by atoms with Crippen LogP contribution in [0.4, 0.5) is 5.69 Å². The third-order valence-electron chi connectivity index (χ3n) is 5.74. The number of halogens is 1. The average molecular weight is 457 g/mol. The zero-order valence-electron chi connectivity index (χ0n) is 18.9. The maximum absolute atomic E-state index is 13.7. The van der Waals surface area contributed by atoms with Crippen LogP contribution in [0, 0.1) is 13.8 Å². The van der Waals surface area contributed by atoms with Gasteiger partial charge in [0.1, 0.15) is 5.56 Å². The Labute approximate surface area is 198 Å². The van der Waals surface area contributed by atoms with Crippen LogP contribution in [0.3, 0.4) is 0 Å². The minimum atomic E-state index is -0.425. The molecular formula is C28H25ClN2O2. The molecule has 0 aliphatic carbocycles. The van der Waals surface area contributed by atoms with Gasteiger partial charge in [0.2, 0.25) is 0 Å². The van der Waals surface area contributed by atoms with Crippen molar-refractivity contribution in [1.29, 1.82) is 0 Å². The SMILES string of the molecule is CCc1cccc(C)c1NC(=O)c1c(-c2ccccc2)n(-c2ccc(Cl)cc2)c(C)cc1=O. The number of hydrogen-bond acceptors (Lipinski definition) is 2. The number of rotatable bonds is 5. The molecule has 166 valence electrons. The molecule has 33 heavy (non-hydrogen) atoms. The Kier molecular flexibility index (Phi) is 6.47. The number of aryl methyl sites for hydroxylation is 3. The van der Waals surface area contributed by atoms with Crippen molar-refractivity contribution in [2.24, 2.45) is 0 Å². The second-order valence-electron chi connectivity index (χ2n) is 7.97. The number of pyridine rings is 1. The number of nitrogens with zero attached hydrogens (tertiary/aromatic N) is 1. The van der Waals surface area contributed by atoms with Crippen molar-refractivity contribution < 1.29 is 4.79 Å². The molecule has 0 fully saturated rings. The van der Waals surface area contributed by atoms with Crippen molar-refractivity contribution in [2.45, 2.75) is 27.2 Å². The molecule has 4 aromatic rings. The van der Waals surface area contributed by atoms with Crippen LogP contribution in [-0.4, -0.2) is 10.5 Å². The van der Waals surface area contributed by atoms with Gasteiger partial charge in [-0.05, 0) is 61.2 Å². The van der Waals surface area contributed by atoms with E-state index in [1.807, 2.05) is 86.0 Å². The fourth-order valence-corrected chi connectivity index (χ4v) is 4.25. The zero-order chi connectivity index (χ0) is 23.5. The van der Waals surface area contributed by atoms with E-state index in [2.05, 4.69) is 5.32 Å². The standard InChI is InChI=1S/C28H25ClN2O2/c1-4-20-12-8-9-18(2)26(20)30-28(33)25-24(32)17-19(3)31(23-15-13-22(29)14-16-23)27(25)21-10-6-5-7-11-21/h5-17H,4H2,1-3H3,(H,30,33). The van der Waals surface area contributed by atoms with Crippen LogP contribution in [-0.2, 0) is 6.42 Å². The lowest BCUT2D eigenvalue weighted by Gasteiger charge is -2.21. The molecule has 1 N–H and O–H groups in total. The molecule has 0 aliphatic rings. The summed E-state index contributed by atoms with van der Waals surface area (Å²) in [6.07, 6.45) is 0.770. The van der Waals surface area contributed by atoms with Gasteiger partial charge >= 0.3 is 0 Å². The van der Waals surface area contributed by atoms with E-state index < -0.39 is 5.91 Å². The number of aromatic nitrogens is 1. The van der Waals surface area contributed by atoms with Gasteiger partial charge in [0.05, 0.1) is 5.69 Å². The Hall–Kier alpha value is -3.63. The molecule has 0 radical (unpaired) electrons. The molecule has 0 aliphatic heterocycles. The Morgan fingerprint density at radius 1 is 0.939 bits per heavy atom. The molecule has 3 aromatic carbocycles. The van der Waals surface area contributed by atoms with Crippen molar-refractivity contribution in [1.82, 2.24) is 4.57 Å². The molecule has 1 amide bonds. The second kappa shape index (κ2) is 9.47. The highest BCUT2D eigenvalue weighted by Crippen LogP contribution is 2.29. The Balaban J connectivity index is 1.97. The molecule has 0 atom stereocenters. The lowest BCUT2D eigenvalue weighted by molar-refractivity contribution is 0.102. The summed E-state index contributed by atoms with van der Waals surface area (Å²) in [6, 6.07) is 24.3. The van der Waals surface area contributed by atoms with E-state index in [0.717, 1.165) is 40.2 Å². The molecule has 1 aromatic heterocycles. The molecule has 0 bridgehead atoms. The summed E-state index contributed by atoms with van der Waals surface area (Å²) in [5.41, 5.74) is 5.38. The van der Waals surface area contributed by atoms with Gasteiger partial charge in [0.15, 0.2) is 5.43 Å². The number of nitrogens with one attached hydrogen (secondary N) is 1. The molecule has 4 rings (SSSR count). The van der Waals surface area contributed by atoms with E-state index in [1.165, 1.54) is 6.07 Å². The number of carbonyl (C=O) groups is 1. The maximum atomic E-state index is 13.7. The lowest BCUT2D eigenvalue weighted by atomic mass is 10.0. The first-order valence-electron chi connectivity index (χ1n) is 10.9. The summed E-state index contributed by atoms with van der Waals surface area (Å²) in [4.78, 5) is 26.9. The molecule has 0 saturated heterocycles. The van der Waals surface area contributed by atoms with E-state index in [-0.39, 0.29) is 11.0 Å². The number of carbonyl (C=O) groups excluding carboxylic acids is 1. The monoisotopic (exact) mass is 456 g/mol. The van der Waals surface area contributed by atoms with Crippen LogP contribution in [0.15, 0.2) is 83.7 Å². The van der Waals surface area contributed by atoms with Crippen molar-refractivity contribution in [3.63, 3.8) is 0 Å². The molecule has 0 spiro atoms. The summed E-state index contributed by atoms with van der Waals surface area (Å²) in [5.74, 6) is -0.425. The minimum absolute atomic E-state index is 0.104. The van der Waals surface area contributed by atoms with Gasteiger partial charge in [-0.25, -0.2) is 0 Å². The van der Waals surface area contributed by atoms with Gasteiger partial charge in [0, 0.05) is 28.2 Å². The number of benzene rings is 3. The predicted molar refractivity (Wildman–Crippen MR) is 136 cm³/mol. The maximum Gasteiger partial charge on any atom is 0.261 e. The highest BCUT2D eigenvalue weighted by atomic mass is 35.5. The van der Waals surface area contributed by atoms with Crippen LogP contribution in [0.5, 0.6) is 0 Å². The molecule has 0 saturated carbocycles. The van der Waals surface area contributed by atoms with E-state index in [4.69, 9.17) is 11.6 Å². The zero-order valence-corrected chi connectivity index (χ0v) is 19.6. The topological polar surface area (TPSA) is 51.1 Å². The molecule has 4 nitrogen and oxygen atoms in total. The van der Waals surface area contributed by atoms with Gasteiger partial charge in [-0.3, -0.25) is 9.59 Å². The minimum Gasteiger partial charge on any atom is -0.321 e. The van der Waals surface area contributed by atoms with E-state index in [1.54, 1.807) is 12.1 Å². The molecule has 1 heterocycles. The summed E-state index contributed by atoms with van der Waals surface area (Å²) in [7, 11) is 0. The lowest BCUT2D eigenvalue weighted by Crippen LogP contribution is -2.26. The van der Waals surface area contributed by atoms with Crippen molar-refractivity contribution >= 4 is 23.2 Å². The largest absolute Gasteiger partial charge is 0.321 e. The van der Waals surface area contributed by atoms with E-state index in [0.29, 0.717) is 10.7 Å². The second-order valence-corrected chi connectivity index (χ2v) is 8.40. The van der Waals surface area contributed by atoms with Crippen molar-refractivity contribution in [3.05, 3.63) is 116 Å². The quantitative estimate of drug-likeness (QED) is 0.368. The van der Waals surface area contributed by atoms with E-state index in [9.17, 15) is 9.59 Å². The highest BCUT2D eigenvalue weighted by molar-refractivity contribution is 6.30. The molecule has 0 unspecified atom stereocenters. The Morgan fingerprint density at radius 2 is 1.64 bits per heavy atom. The van der Waals surface area contributed by atoms with Gasteiger partial charge in [0.25, 0.3) is 5.91 Å².